The molecule has 0 aliphatic carbocycles. The van der Waals surface area contributed by atoms with Crippen molar-refractivity contribution in [3.05, 3.63) is 47.5 Å². The number of hydrogen-bond acceptors (Lipinski definition) is 4. The van der Waals surface area contributed by atoms with E-state index in [-0.39, 0.29) is 0 Å². The summed E-state index contributed by atoms with van der Waals surface area (Å²) in [6.07, 6.45) is 5.78. The number of aromatic nitrogens is 3. The molecular formula is C17H27N5. The van der Waals surface area contributed by atoms with Crippen LogP contribution in [-0.2, 0) is 19.6 Å². The van der Waals surface area contributed by atoms with E-state index in [4.69, 9.17) is 0 Å². The van der Waals surface area contributed by atoms with Crippen molar-refractivity contribution in [2.24, 2.45) is 0 Å². The second-order valence-electron chi connectivity index (χ2n) is 5.95. The maximum absolute atomic E-state index is 4.46. The van der Waals surface area contributed by atoms with Gasteiger partial charge in [-0.3, -0.25) is 14.6 Å². The van der Waals surface area contributed by atoms with E-state index in [1.54, 1.807) is 0 Å². The lowest BCUT2D eigenvalue weighted by Crippen LogP contribution is -2.31. The van der Waals surface area contributed by atoms with Crippen LogP contribution in [-0.4, -0.2) is 51.7 Å². The van der Waals surface area contributed by atoms with Gasteiger partial charge in [0.15, 0.2) is 0 Å². The summed E-state index contributed by atoms with van der Waals surface area (Å²) in [5, 5.41) is 4.46. The summed E-state index contributed by atoms with van der Waals surface area (Å²) in [4.78, 5) is 8.90. The summed E-state index contributed by atoms with van der Waals surface area (Å²) in [5.41, 5.74) is 3.83. The van der Waals surface area contributed by atoms with Crippen molar-refractivity contribution in [1.82, 2.24) is 24.6 Å². The third kappa shape index (κ3) is 4.64. The lowest BCUT2D eigenvalue weighted by Gasteiger charge is -2.24. The average Bonchev–Trinajstić information content (AvgIpc) is 2.86. The topological polar surface area (TPSA) is 37.2 Å². The molecule has 0 aromatic carbocycles. The molecule has 0 atom stereocenters. The Bertz CT molecular complexity index is 562. The van der Waals surface area contributed by atoms with Crippen molar-refractivity contribution in [2.75, 3.05) is 27.2 Å². The molecule has 0 aliphatic rings. The van der Waals surface area contributed by atoms with E-state index in [0.717, 1.165) is 32.7 Å². The van der Waals surface area contributed by atoms with Crippen molar-refractivity contribution in [1.29, 1.82) is 0 Å². The SMILES string of the molecule is CCn1ncc(CN(CCN(C)C)Cc2cccnc2)c1C. The zero-order chi connectivity index (χ0) is 15.9. The van der Waals surface area contributed by atoms with Gasteiger partial charge in [-0.1, -0.05) is 6.07 Å². The smallest absolute Gasteiger partial charge is 0.0537 e. The van der Waals surface area contributed by atoms with E-state index in [9.17, 15) is 0 Å². The lowest BCUT2D eigenvalue weighted by atomic mass is 10.2. The third-order valence-corrected chi connectivity index (χ3v) is 3.89. The minimum Gasteiger partial charge on any atom is -0.308 e. The van der Waals surface area contributed by atoms with Gasteiger partial charge in [-0.2, -0.15) is 5.10 Å². The van der Waals surface area contributed by atoms with Gasteiger partial charge in [0.1, 0.15) is 0 Å². The molecule has 0 radical (unpaired) electrons. The molecule has 2 rings (SSSR count). The van der Waals surface area contributed by atoms with E-state index < -0.39 is 0 Å². The van der Waals surface area contributed by atoms with Crippen molar-refractivity contribution < 1.29 is 0 Å². The molecule has 5 heteroatoms. The molecule has 0 amide bonds. The highest BCUT2D eigenvalue weighted by Gasteiger charge is 2.12. The first-order chi connectivity index (χ1) is 10.6. The first-order valence-corrected chi connectivity index (χ1v) is 7.87. The number of nitrogens with zero attached hydrogens (tertiary/aromatic N) is 5. The van der Waals surface area contributed by atoms with Gasteiger partial charge in [-0.15, -0.1) is 0 Å². The van der Waals surface area contributed by atoms with Gasteiger partial charge in [0.2, 0.25) is 0 Å². The van der Waals surface area contributed by atoms with Gasteiger partial charge in [0.25, 0.3) is 0 Å². The predicted octanol–water partition coefficient (Wildman–Crippen LogP) is 2.17. The summed E-state index contributed by atoms with van der Waals surface area (Å²) in [6, 6.07) is 4.14. The molecule has 0 spiro atoms. The number of likely N-dealkylation sites (N-methyl/N-ethyl adjacent to an activating group) is 1. The quantitative estimate of drug-likeness (QED) is 0.749. The maximum Gasteiger partial charge on any atom is 0.0537 e. The molecule has 2 heterocycles. The highest BCUT2D eigenvalue weighted by molar-refractivity contribution is 5.16. The Morgan fingerprint density at radius 3 is 2.55 bits per heavy atom. The Kier molecular flexibility index (Phi) is 6.10. The summed E-state index contributed by atoms with van der Waals surface area (Å²) in [6.45, 7) is 9.11. The fourth-order valence-corrected chi connectivity index (χ4v) is 2.51. The number of rotatable bonds is 8. The zero-order valence-electron chi connectivity index (χ0n) is 14.2. The van der Waals surface area contributed by atoms with E-state index in [0.29, 0.717) is 0 Å². The van der Waals surface area contributed by atoms with Gasteiger partial charge in [0, 0.05) is 56.4 Å². The van der Waals surface area contributed by atoms with Crippen molar-refractivity contribution in [3.8, 4) is 0 Å². The highest BCUT2D eigenvalue weighted by Crippen LogP contribution is 2.13. The monoisotopic (exact) mass is 301 g/mol. The van der Waals surface area contributed by atoms with Crippen LogP contribution in [0.1, 0.15) is 23.7 Å². The van der Waals surface area contributed by atoms with Gasteiger partial charge in [0.05, 0.1) is 6.20 Å². The number of pyridine rings is 1. The van der Waals surface area contributed by atoms with E-state index in [1.165, 1.54) is 16.8 Å². The molecule has 0 aliphatic heterocycles. The molecule has 0 unspecified atom stereocenters. The molecule has 0 saturated heterocycles. The summed E-state index contributed by atoms with van der Waals surface area (Å²) >= 11 is 0. The summed E-state index contributed by atoms with van der Waals surface area (Å²) < 4.78 is 2.06. The lowest BCUT2D eigenvalue weighted by molar-refractivity contribution is 0.225. The molecule has 0 N–H and O–H groups in total. The fraction of sp³-hybridized carbons (Fsp3) is 0.529. The van der Waals surface area contributed by atoms with Crippen LogP contribution >= 0.6 is 0 Å². The Morgan fingerprint density at radius 1 is 1.14 bits per heavy atom. The van der Waals surface area contributed by atoms with E-state index >= 15 is 0 Å². The first-order valence-electron chi connectivity index (χ1n) is 7.87. The maximum atomic E-state index is 4.46. The molecule has 2 aromatic rings. The van der Waals surface area contributed by atoms with Crippen LogP contribution in [0.4, 0.5) is 0 Å². The Morgan fingerprint density at radius 2 is 1.95 bits per heavy atom. The Balaban J connectivity index is 2.07. The highest BCUT2D eigenvalue weighted by atomic mass is 15.3. The van der Waals surface area contributed by atoms with Crippen LogP contribution in [0.5, 0.6) is 0 Å². The third-order valence-electron chi connectivity index (χ3n) is 3.89. The van der Waals surface area contributed by atoms with Gasteiger partial charge >= 0.3 is 0 Å². The van der Waals surface area contributed by atoms with Crippen molar-refractivity contribution >= 4 is 0 Å². The largest absolute Gasteiger partial charge is 0.308 e. The molecule has 22 heavy (non-hydrogen) atoms. The Hall–Kier alpha value is -1.72. The summed E-state index contributed by atoms with van der Waals surface area (Å²) in [7, 11) is 4.23. The number of aryl methyl sites for hydroxylation is 1. The van der Waals surface area contributed by atoms with Crippen LogP contribution in [0.3, 0.4) is 0 Å². The molecule has 0 bridgehead atoms. The van der Waals surface area contributed by atoms with Crippen LogP contribution in [0.15, 0.2) is 30.7 Å². The molecular weight excluding hydrogens is 274 g/mol. The van der Waals surface area contributed by atoms with Crippen LogP contribution < -0.4 is 0 Å². The Labute approximate surface area is 133 Å². The van der Waals surface area contributed by atoms with Gasteiger partial charge in [-0.05, 0) is 39.6 Å². The van der Waals surface area contributed by atoms with Gasteiger partial charge < -0.3 is 4.90 Å². The van der Waals surface area contributed by atoms with Gasteiger partial charge in [-0.25, -0.2) is 0 Å². The molecule has 5 nitrogen and oxygen atoms in total. The second kappa shape index (κ2) is 8.06. The first kappa shape index (κ1) is 16.6. The molecule has 2 aromatic heterocycles. The van der Waals surface area contributed by atoms with Crippen molar-refractivity contribution in [3.63, 3.8) is 0 Å². The van der Waals surface area contributed by atoms with Crippen LogP contribution in [0.25, 0.3) is 0 Å². The zero-order valence-corrected chi connectivity index (χ0v) is 14.2. The summed E-state index contributed by atoms with van der Waals surface area (Å²) in [5.74, 6) is 0. The predicted molar refractivity (Wildman–Crippen MR) is 89.5 cm³/mol. The van der Waals surface area contributed by atoms with Crippen molar-refractivity contribution in [2.45, 2.75) is 33.5 Å². The second-order valence-corrected chi connectivity index (χ2v) is 5.95. The van der Waals surface area contributed by atoms with Crippen LogP contribution in [0.2, 0.25) is 0 Å². The standard InChI is InChI=1S/C17H27N5/c1-5-22-15(2)17(12-19-22)14-21(10-9-20(3)4)13-16-7-6-8-18-11-16/h6-8,11-12H,5,9-10,13-14H2,1-4H3. The minimum absolute atomic E-state index is 0.915. The fourth-order valence-electron chi connectivity index (χ4n) is 2.51. The minimum atomic E-state index is 0.915. The molecule has 120 valence electrons. The van der Waals surface area contributed by atoms with Crippen LogP contribution in [0, 0.1) is 6.92 Å². The molecule has 0 saturated carbocycles. The van der Waals surface area contributed by atoms with E-state index in [1.807, 2.05) is 24.7 Å². The van der Waals surface area contributed by atoms with E-state index in [2.05, 4.69) is 58.6 Å². The normalized spacial score (nSPS) is 11.5. The number of hydrogen-bond donors (Lipinski definition) is 0. The molecule has 0 fully saturated rings. The average molecular weight is 301 g/mol.